The van der Waals surface area contributed by atoms with Crippen molar-refractivity contribution >= 4 is 23.2 Å². The molecular formula is C21H25N5O4. The smallest absolute Gasteiger partial charge is 0.269 e. The van der Waals surface area contributed by atoms with Crippen LogP contribution in [0.1, 0.15) is 20.7 Å². The molecule has 0 radical (unpaired) electrons. The van der Waals surface area contributed by atoms with Crippen molar-refractivity contribution in [2.75, 3.05) is 51.6 Å². The summed E-state index contributed by atoms with van der Waals surface area (Å²) in [4.78, 5) is 39.9. The number of benzene rings is 2. The van der Waals surface area contributed by atoms with E-state index in [1.54, 1.807) is 24.3 Å². The molecule has 2 amide bonds. The van der Waals surface area contributed by atoms with Gasteiger partial charge in [0.2, 0.25) is 0 Å². The third-order valence-electron chi connectivity index (χ3n) is 5.07. The van der Waals surface area contributed by atoms with E-state index in [0.717, 1.165) is 32.7 Å². The number of rotatable bonds is 7. The largest absolute Gasteiger partial charge is 0.351 e. The minimum atomic E-state index is -0.524. The summed E-state index contributed by atoms with van der Waals surface area (Å²) in [6.45, 7) is 5.30. The average Bonchev–Trinajstić information content (AvgIpc) is 2.75. The van der Waals surface area contributed by atoms with Crippen molar-refractivity contribution in [2.45, 2.75) is 0 Å². The number of para-hydroxylation sites is 1. The fourth-order valence-electron chi connectivity index (χ4n) is 3.21. The molecule has 0 aromatic heterocycles. The minimum absolute atomic E-state index is 0.0910. The number of likely N-dealkylation sites (N-methyl/N-ethyl adjacent to an activating group) is 1. The van der Waals surface area contributed by atoms with E-state index in [9.17, 15) is 19.7 Å². The third kappa shape index (κ3) is 5.62. The van der Waals surface area contributed by atoms with Gasteiger partial charge in [0.1, 0.15) is 0 Å². The Bertz CT molecular complexity index is 908. The number of amides is 2. The lowest BCUT2D eigenvalue weighted by Gasteiger charge is -2.32. The first-order chi connectivity index (χ1) is 14.4. The molecular weight excluding hydrogens is 386 g/mol. The van der Waals surface area contributed by atoms with Crippen molar-refractivity contribution in [3.63, 3.8) is 0 Å². The van der Waals surface area contributed by atoms with Gasteiger partial charge in [-0.3, -0.25) is 24.6 Å². The zero-order valence-corrected chi connectivity index (χ0v) is 16.8. The number of nitro benzene ring substituents is 1. The van der Waals surface area contributed by atoms with Crippen molar-refractivity contribution < 1.29 is 14.5 Å². The number of carbonyl (C=O) groups excluding carboxylic acids is 2. The van der Waals surface area contributed by atoms with Crippen molar-refractivity contribution in [1.29, 1.82) is 0 Å². The van der Waals surface area contributed by atoms with Gasteiger partial charge < -0.3 is 15.5 Å². The molecule has 0 bridgehead atoms. The van der Waals surface area contributed by atoms with Gasteiger partial charge in [-0.1, -0.05) is 12.1 Å². The van der Waals surface area contributed by atoms with Crippen LogP contribution in [0.5, 0.6) is 0 Å². The predicted molar refractivity (Wildman–Crippen MR) is 114 cm³/mol. The quantitative estimate of drug-likeness (QED) is 0.532. The Labute approximate surface area is 174 Å². The molecule has 1 aliphatic rings. The van der Waals surface area contributed by atoms with E-state index in [4.69, 9.17) is 0 Å². The monoisotopic (exact) mass is 411 g/mol. The minimum Gasteiger partial charge on any atom is -0.351 e. The van der Waals surface area contributed by atoms with E-state index in [1.165, 1.54) is 24.3 Å². The fraction of sp³-hybridized carbons (Fsp3) is 0.333. The van der Waals surface area contributed by atoms with E-state index >= 15 is 0 Å². The maximum atomic E-state index is 12.6. The molecule has 1 aliphatic heterocycles. The molecule has 2 N–H and O–H groups in total. The van der Waals surface area contributed by atoms with Crippen LogP contribution < -0.4 is 10.6 Å². The topological polar surface area (TPSA) is 108 Å². The van der Waals surface area contributed by atoms with E-state index in [-0.39, 0.29) is 17.2 Å². The summed E-state index contributed by atoms with van der Waals surface area (Å²) in [7, 11) is 2.10. The van der Waals surface area contributed by atoms with Gasteiger partial charge in [-0.2, -0.15) is 0 Å². The zero-order valence-electron chi connectivity index (χ0n) is 16.8. The summed E-state index contributed by atoms with van der Waals surface area (Å²) in [5.41, 5.74) is 0.932. The second-order valence-electron chi connectivity index (χ2n) is 7.20. The SMILES string of the molecule is CN1CCN(CCNC(=O)c2ccccc2NC(=O)c2ccc([N+](=O)[O-])cc2)CC1. The Morgan fingerprint density at radius 2 is 1.67 bits per heavy atom. The highest BCUT2D eigenvalue weighted by Gasteiger charge is 2.16. The molecule has 1 heterocycles. The van der Waals surface area contributed by atoms with E-state index in [0.29, 0.717) is 17.8 Å². The molecule has 0 unspecified atom stereocenters. The van der Waals surface area contributed by atoms with Crippen molar-refractivity contribution in [1.82, 2.24) is 15.1 Å². The number of nitrogens with zero attached hydrogens (tertiary/aromatic N) is 3. The van der Waals surface area contributed by atoms with Crippen LogP contribution in [0.3, 0.4) is 0 Å². The molecule has 0 aliphatic carbocycles. The summed E-state index contributed by atoms with van der Waals surface area (Å²) in [5.74, 6) is -0.702. The highest BCUT2D eigenvalue weighted by molar-refractivity contribution is 6.09. The summed E-state index contributed by atoms with van der Waals surface area (Å²) in [5, 5.41) is 16.4. The Morgan fingerprint density at radius 3 is 2.33 bits per heavy atom. The lowest BCUT2D eigenvalue weighted by atomic mass is 10.1. The number of non-ortho nitro benzene ring substituents is 1. The number of piperazine rings is 1. The first-order valence-electron chi connectivity index (χ1n) is 9.78. The van der Waals surface area contributed by atoms with Gasteiger partial charge in [-0.15, -0.1) is 0 Å². The fourth-order valence-corrected chi connectivity index (χ4v) is 3.21. The number of carbonyl (C=O) groups is 2. The zero-order chi connectivity index (χ0) is 21.5. The summed E-state index contributed by atoms with van der Waals surface area (Å²) >= 11 is 0. The Balaban J connectivity index is 1.58. The van der Waals surface area contributed by atoms with Crippen LogP contribution in [0.15, 0.2) is 48.5 Å². The van der Waals surface area contributed by atoms with Crippen LogP contribution in [0.2, 0.25) is 0 Å². The van der Waals surface area contributed by atoms with Gasteiger partial charge >= 0.3 is 0 Å². The average molecular weight is 411 g/mol. The maximum Gasteiger partial charge on any atom is 0.269 e. The highest BCUT2D eigenvalue weighted by Crippen LogP contribution is 2.18. The molecule has 2 aromatic rings. The van der Waals surface area contributed by atoms with E-state index in [1.807, 2.05) is 0 Å². The lowest BCUT2D eigenvalue weighted by molar-refractivity contribution is -0.384. The molecule has 9 nitrogen and oxygen atoms in total. The van der Waals surface area contributed by atoms with Crippen LogP contribution in [0, 0.1) is 10.1 Å². The predicted octanol–water partition coefficient (Wildman–Crippen LogP) is 1.82. The molecule has 9 heteroatoms. The van der Waals surface area contributed by atoms with Gasteiger partial charge in [-0.05, 0) is 31.3 Å². The normalized spacial score (nSPS) is 14.8. The summed E-state index contributed by atoms with van der Waals surface area (Å²) < 4.78 is 0. The second kappa shape index (κ2) is 9.95. The van der Waals surface area contributed by atoms with Crippen molar-refractivity contribution in [2.24, 2.45) is 0 Å². The van der Waals surface area contributed by atoms with E-state index in [2.05, 4.69) is 27.5 Å². The number of hydrogen-bond donors (Lipinski definition) is 2. The third-order valence-corrected chi connectivity index (χ3v) is 5.07. The van der Waals surface area contributed by atoms with Crippen LogP contribution >= 0.6 is 0 Å². The Hall–Kier alpha value is -3.30. The lowest BCUT2D eigenvalue weighted by Crippen LogP contribution is -2.46. The number of nitro groups is 1. The van der Waals surface area contributed by atoms with Gasteiger partial charge in [0.05, 0.1) is 16.2 Å². The Morgan fingerprint density at radius 1 is 1.00 bits per heavy atom. The number of anilines is 1. The molecule has 0 atom stereocenters. The highest BCUT2D eigenvalue weighted by atomic mass is 16.6. The standard InChI is InChI=1S/C21H25N5O4/c1-24-12-14-25(15-13-24)11-10-22-21(28)18-4-2-3-5-19(18)23-20(27)16-6-8-17(9-7-16)26(29)30/h2-9H,10-15H2,1H3,(H,22,28)(H,23,27). The van der Waals surface area contributed by atoms with Crippen molar-refractivity contribution in [3.05, 3.63) is 69.8 Å². The molecule has 1 fully saturated rings. The van der Waals surface area contributed by atoms with E-state index < -0.39 is 10.8 Å². The van der Waals surface area contributed by atoms with Gasteiger partial charge in [-0.25, -0.2) is 0 Å². The van der Waals surface area contributed by atoms with Crippen LogP contribution in [0.25, 0.3) is 0 Å². The van der Waals surface area contributed by atoms with Gasteiger partial charge in [0, 0.05) is 57.0 Å². The number of hydrogen-bond acceptors (Lipinski definition) is 6. The second-order valence-corrected chi connectivity index (χ2v) is 7.20. The van der Waals surface area contributed by atoms with Crippen LogP contribution in [-0.2, 0) is 0 Å². The maximum absolute atomic E-state index is 12.6. The Kier molecular flexibility index (Phi) is 7.10. The molecule has 158 valence electrons. The van der Waals surface area contributed by atoms with Gasteiger partial charge in [0.25, 0.3) is 17.5 Å². The van der Waals surface area contributed by atoms with Crippen molar-refractivity contribution in [3.8, 4) is 0 Å². The van der Waals surface area contributed by atoms with Gasteiger partial charge in [0.15, 0.2) is 0 Å². The first kappa shape index (κ1) is 21.4. The molecule has 0 saturated carbocycles. The van der Waals surface area contributed by atoms with Crippen LogP contribution in [-0.4, -0.2) is 72.9 Å². The number of nitrogens with one attached hydrogen (secondary N) is 2. The molecule has 3 rings (SSSR count). The molecule has 2 aromatic carbocycles. The first-order valence-corrected chi connectivity index (χ1v) is 9.78. The molecule has 1 saturated heterocycles. The van der Waals surface area contributed by atoms with Crippen LogP contribution in [0.4, 0.5) is 11.4 Å². The molecule has 30 heavy (non-hydrogen) atoms. The summed E-state index contributed by atoms with van der Waals surface area (Å²) in [6.07, 6.45) is 0. The summed E-state index contributed by atoms with van der Waals surface area (Å²) in [6, 6.07) is 12.1. The molecule has 0 spiro atoms.